The van der Waals surface area contributed by atoms with Crippen LogP contribution in [0.15, 0.2) is 65.1 Å². The van der Waals surface area contributed by atoms with Crippen molar-refractivity contribution in [3.05, 3.63) is 70.7 Å². The first-order valence-electron chi connectivity index (χ1n) is 7.77. The molecule has 0 saturated heterocycles. The fourth-order valence-electron chi connectivity index (χ4n) is 2.50. The lowest BCUT2D eigenvalue weighted by atomic mass is 10.1. The van der Waals surface area contributed by atoms with Gasteiger partial charge in [0.1, 0.15) is 5.75 Å². The molecule has 0 radical (unpaired) electrons. The van der Waals surface area contributed by atoms with Crippen LogP contribution in [0, 0.1) is 0 Å². The van der Waals surface area contributed by atoms with E-state index in [0.29, 0.717) is 11.3 Å². The zero-order chi connectivity index (χ0) is 18.5. The van der Waals surface area contributed by atoms with Crippen molar-refractivity contribution in [3.8, 4) is 5.75 Å². The molecule has 0 bridgehead atoms. The summed E-state index contributed by atoms with van der Waals surface area (Å²) in [5.41, 5.74) is 6.93. The minimum atomic E-state index is -0.360. The number of para-hydroxylation sites is 1. The van der Waals surface area contributed by atoms with Gasteiger partial charge in [0.25, 0.3) is 5.91 Å². The fourth-order valence-corrected chi connectivity index (χ4v) is 3.38. The number of carbonyl (C=O) groups excluding carboxylic acids is 1. The number of methoxy groups -OCH3 is 1. The predicted octanol–water partition coefficient (Wildman–Crippen LogP) is 4.24. The van der Waals surface area contributed by atoms with Crippen LogP contribution >= 0.6 is 28.1 Å². The summed E-state index contributed by atoms with van der Waals surface area (Å²) in [7, 11) is 1.53. The first-order valence-corrected chi connectivity index (χ1v) is 8.98. The summed E-state index contributed by atoms with van der Waals surface area (Å²) in [5.74, 6) is 0.0979. The number of halogens is 1. The number of benzene rings is 3. The number of thiocarbonyl (C=S) groups is 1. The van der Waals surface area contributed by atoms with Gasteiger partial charge in [0.15, 0.2) is 5.11 Å². The van der Waals surface area contributed by atoms with Gasteiger partial charge >= 0.3 is 0 Å². The second-order valence-corrected chi connectivity index (χ2v) is 6.59. The van der Waals surface area contributed by atoms with Gasteiger partial charge in [-0.05, 0) is 57.1 Å². The van der Waals surface area contributed by atoms with Crippen molar-refractivity contribution in [2.45, 2.75) is 0 Å². The Balaban J connectivity index is 1.77. The number of hydrogen-bond donors (Lipinski definition) is 3. The van der Waals surface area contributed by atoms with E-state index in [1.165, 1.54) is 7.11 Å². The SMILES string of the molecule is COc1c(C(=O)NC(=S)NNc2ccccc2)cc2ccccc2c1Br. The summed E-state index contributed by atoms with van der Waals surface area (Å²) in [6.45, 7) is 0. The molecular weight excluding hydrogens is 414 g/mol. The summed E-state index contributed by atoms with van der Waals surface area (Å²) in [5, 5.41) is 4.70. The number of carbonyl (C=O) groups is 1. The molecule has 7 heteroatoms. The summed E-state index contributed by atoms with van der Waals surface area (Å²) >= 11 is 8.70. The van der Waals surface area contributed by atoms with Crippen molar-refractivity contribution < 1.29 is 9.53 Å². The first kappa shape index (κ1) is 18.2. The number of anilines is 1. The maximum atomic E-state index is 12.7. The van der Waals surface area contributed by atoms with Crippen molar-refractivity contribution in [2.24, 2.45) is 0 Å². The van der Waals surface area contributed by atoms with Gasteiger partial charge in [0.2, 0.25) is 0 Å². The smallest absolute Gasteiger partial charge is 0.261 e. The standard InChI is InChI=1S/C19H16BrN3O2S/c1-25-17-15(11-12-7-5-6-10-14(12)16(17)20)18(24)21-19(26)23-22-13-8-3-2-4-9-13/h2-11,22H,1H3,(H2,21,23,24,26). The lowest BCUT2D eigenvalue weighted by molar-refractivity contribution is 0.0974. The van der Waals surface area contributed by atoms with Crippen LogP contribution in [-0.2, 0) is 0 Å². The number of fused-ring (bicyclic) bond motifs is 1. The summed E-state index contributed by atoms with van der Waals surface area (Å²) in [4.78, 5) is 12.7. The van der Waals surface area contributed by atoms with Crippen LogP contribution in [0.25, 0.3) is 10.8 Å². The molecule has 3 aromatic rings. The highest BCUT2D eigenvalue weighted by Crippen LogP contribution is 2.36. The summed E-state index contributed by atoms with van der Waals surface area (Å²) < 4.78 is 6.16. The van der Waals surface area contributed by atoms with Crippen LogP contribution in [0.2, 0.25) is 0 Å². The number of amides is 1. The van der Waals surface area contributed by atoms with Gasteiger partial charge in [-0.25, -0.2) is 0 Å². The zero-order valence-electron chi connectivity index (χ0n) is 13.9. The molecule has 0 unspecified atom stereocenters. The monoisotopic (exact) mass is 429 g/mol. The van der Waals surface area contributed by atoms with Gasteiger partial charge in [-0.15, -0.1) is 0 Å². The van der Waals surface area contributed by atoms with Crippen LogP contribution in [0.5, 0.6) is 5.75 Å². The highest BCUT2D eigenvalue weighted by molar-refractivity contribution is 9.10. The van der Waals surface area contributed by atoms with Crippen LogP contribution in [-0.4, -0.2) is 18.1 Å². The molecule has 0 saturated carbocycles. The average Bonchev–Trinajstić information content (AvgIpc) is 2.67. The van der Waals surface area contributed by atoms with E-state index in [1.807, 2.05) is 54.6 Å². The van der Waals surface area contributed by atoms with Crippen molar-refractivity contribution in [1.82, 2.24) is 10.7 Å². The Morgan fingerprint density at radius 3 is 2.50 bits per heavy atom. The Kier molecular flexibility index (Phi) is 5.70. The largest absolute Gasteiger partial charge is 0.495 e. The Morgan fingerprint density at radius 1 is 1.08 bits per heavy atom. The number of nitrogens with one attached hydrogen (secondary N) is 3. The summed E-state index contributed by atoms with van der Waals surface area (Å²) in [6, 6.07) is 19.0. The molecule has 0 fully saturated rings. The Morgan fingerprint density at radius 2 is 1.77 bits per heavy atom. The van der Waals surface area contributed by atoms with Crippen LogP contribution in [0.3, 0.4) is 0 Å². The van der Waals surface area contributed by atoms with E-state index in [9.17, 15) is 4.79 Å². The van der Waals surface area contributed by atoms with Crippen molar-refractivity contribution in [1.29, 1.82) is 0 Å². The van der Waals surface area contributed by atoms with E-state index in [2.05, 4.69) is 32.1 Å². The third-order valence-electron chi connectivity index (χ3n) is 3.71. The highest BCUT2D eigenvalue weighted by Gasteiger charge is 2.18. The minimum Gasteiger partial charge on any atom is -0.495 e. The Hall–Kier alpha value is -2.64. The van der Waals surface area contributed by atoms with Gasteiger partial charge in [-0.3, -0.25) is 21.0 Å². The molecular formula is C19H16BrN3O2S. The fraction of sp³-hybridized carbons (Fsp3) is 0.0526. The van der Waals surface area contributed by atoms with Crippen molar-refractivity contribution >= 4 is 55.6 Å². The molecule has 5 nitrogen and oxygen atoms in total. The van der Waals surface area contributed by atoms with Gasteiger partial charge in [0.05, 0.1) is 22.8 Å². The Bertz CT molecular complexity index is 964. The molecule has 3 aromatic carbocycles. The lowest BCUT2D eigenvalue weighted by Gasteiger charge is -2.15. The highest BCUT2D eigenvalue weighted by atomic mass is 79.9. The molecule has 0 aromatic heterocycles. The lowest BCUT2D eigenvalue weighted by Crippen LogP contribution is -2.42. The molecule has 3 rings (SSSR count). The minimum absolute atomic E-state index is 0.158. The van der Waals surface area contributed by atoms with Crippen molar-refractivity contribution in [3.63, 3.8) is 0 Å². The molecule has 0 aliphatic rings. The van der Waals surface area contributed by atoms with E-state index in [-0.39, 0.29) is 11.0 Å². The number of rotatable bonds is 4. The zero-order valence-corrected chi connectivity index (χ0v) is 16.3. The van der Waals surface area contributed by atoms with E-state index in [1.54, 1.807) is 6.07 Å². The number of hydrogen-bond acceptors (Lipinski definition) is 4. The number of hydrazine groups is 1. The molecule has 0 atom stereocenters. The van der Waals surface area contributed by atoms with Crippen LogP contribution in [0.4, 0.5) is 5.69 Å². The van der Waals surface area contributed by atoms with E-state index >= 15 is 0 Å². The Labute approximate surface area is 164 Å². The molecule has 26 heavy (non-hydrogen) atoms. The predicted molar refractivity (Wildman–Crippen MR) is 111 cm³/mol. The van der Waals surface area contributed by atoms with Crippen LogP contribution < -0.4 is 20.9 Å². The average molecular weight is 430 g/mol. The van der Waals surface area contributed by atoms with E-state index in [4.69, 9.17) is 17.0 Å². The quantitative estimate of drug-likeness (QED) is 0.427. The van der Waals surface area contributed by atoms with Crippen LogP contribution in [0.1, 0.15) is 10.4 Å². The van der Waals surface area contributed by atoms with Gasteiger partial charge in [0, 0.05) is 0 Å². The summed E-state index contributed by atoms with van der Waals surface area (Å²) in [6.07, 6.45) is 0. The molecule has 0 heterocycles. The second kappa shape index (κ2) is 8.16. The maximum Gasteiger partial charge on any atom is 0.261 e. The third-order valence-corrected chi connectivity index (χ3v) is 4.70. The van der Waals surface area contributed by atoms with E-state index in [0.717, 1.165) is 20.9 Å². The van der Waals surface area contributed by atoms with E-state index < -0.39 is 0 Å². The third kappa shape index (κ3) is 3.95. The van der Waals surface area contributed by atoms with Gasteiger partial charge in [-0.1, -0.05) is 42.5 Å². The van der Waals surface area contributed by atoms with Gasteiger partial charge in [-0.2, -0.15) is 0 Å². The maximum absolute atomic E-state index is 12.7. The topological polar surface area (TPSA) is 62.4 Å². The number of ether oxygens (including phenoxy) is 1. The van der Waals surface area contributed by atoms with Gasteiger partial charge < -0.3 is 4.74 Å². The molecule has 0 spiro atoms. The molecule has 3 N–H and O–H groups in total. The normalized spacial score (nSPS) is 10.2. The molecule has 1 amide bonds. The second-order valence-electron chi connectivity index (χ2n) is 5.39. The molecule has 0 aliphatic carbocycles. The molecule has 132 valence electrons. The van der Waals surface area contributed by atoms with Crippen molar-refractivity contribution in [2.75, 3.05) is 12.5 Å². The first-order chi connectivity index (χ1) is 12.6. The molecule has 0 aliphatic heterocycles.